The molecule has 0 saturated heterocycles. The Balaban J connectivity index is 1.41. The lowest BCUT2D eigenvalue weighted by atomic mass is 9.95. The molecule has 1 aliphatic rings. The smallest absolute Gasteiger partial charge is 0.341 e. The minimum absolute atomic E-state index is 0.166. The SMILES string of the molecule is CCOC(=O)c1c(NC(=O)CSc2ccc(-c3ccco3)nn2)sc2c1CCCC2. The summed E-state index contributed by atoms with van der Waals surface area (Å²) in [5.41, 5.74) is 2.20. The third kappa shape index (κ3) is 4.57. The van der Waals surface area contributed by atoms with Crippen molar-refractivity contribution in [1.82, 2.24) is 10.2 Å². The fourth-order valence-electron chi connectivity index (χ4n) is 3.33. The van der Waals surface area contributed by atoms with E-state index in [-0.39, 0.29) is 17.6 Å². The first kappa shape index (κ1) is 20.6. The van der Waals surface area contributed by atoms with Gasteiger partial charge >= 0.3 is 5.97 Å². The zero-order chi connectivity index (χ0) is 20.9. The molecule has 0 aliphatic heterocycles. The second-order valence-corrected chi connectivity index (χ2v) is 8.81. The summed E-state index contributed by atoms with van der Waals surface area (Å²) >= 11 is 2.77. The molecule has 3 heterocycles. The number of nitrogens with one attached hydrogen (secondary N) is 1. The van der Waals surface area contributed by atoms with Gasteiger partial charge in [0.05, 0.1) is 24.2 Å². The van der Waals surface area contributed by atoms with Gasteiger partial charge in [-0.1, -0.05) is 11.8 Å². The Morgan fingerprint density at radius 1 is 1.23 bits per heavy atom. The lowest BCUT2D eigenvalue weighted by Crippen LogP contribution is -2.17. The van der Waals surface area contributed by atoms with E-state index >= 15 is 0 Å². The first-order chi connectivity index (χ1) is 14.7. The number of carbonyl (C=O) groups is 2. The van der Waals surface area contributed by atoms with Gasteiger partial charge in [0.15, 0.2) is 5.76 Å². The van der Waals surface area contributed by atoms with Crippen molar-refractivity contribution in [3.8, 4) is 11.5 Å². The van der Waals surface area contributed by atoms with Gasteiger partial charge in [-0.25, -0.2) is 4.79 Å². The second kappa shape index (κ2) is 9.44. The van der Waals surface area contributed by atoms with E-state index < -0.39 is 0 Å². The van der Waals surface area contributed by atoms with Crippen LogP contribution in [0.1, 0.15) is 40.6 Å². The molecule has 0 radical (unpaired) electrons. The molecule has 30 heavy (non-hydrogen) atoms. The van der Waals surface area contributed by atoms with E-state index in [1.54, 1.807) is 31.4 Å². The number of ether oxygens (including phenoxy) is 1. The van der Waals surface area contributed by atoms with E-state index in [0.717, 1.165) is 31.2 Å². The van der Waals surface area contributed by atoms with Gasteiger partial charge in [-0.15, -0.1) is 21.5 Å². The Kier molecular flexibility index (Phi) is 6.49. The maximum atomic E-state index is 12.5. The number of amides is 1. The van der Waals surface area contributed by atoms with Gasteiger partial charge in [0.25, 0.3) is 0 Å². The average Bonchev–Trinajstić information content (AvgIpc) is 3.40. The van der Waals surface area contributed by atoms with Gasteiger partial charge in [0.2, 0.25) is 5.91 Å². The van der Waals surface area contributed by atoms with Crippen LogP contribution in [0.3, 0.4) is 0 Å². The lowest BCUT2D eigenvalue weighted by molar-refractivity contribution is -0.113. The first-order valence-electron chi connectivity index (χ1n) is 9.77. The van der Waals surface area contributed by atoms with Crippen molar-refractivity contribution < 1.29 is 18.7 Å². The summed E-state index contributed by atoms with van der Waals surface area (Å²) < 4.78 is 10.5. The number of thioether (sulfide) groups is 1. The van der Waals surface area contributed by atoms with Crippen LogP contribution in [0, 0.1) is 0 Å². The fraction of sp³-hybridized carbons (Fsp3) is 0.333. The van der Waals surface area contributed by atoms with Crippen molar-refractivity contribution in [3.63, 3.8) is 0 Å². The molecule has 1 amide bonds. The number of rotatable bonds is 7. The van der Waals surface area contributed by atoms with Crippen molar-refractivity contribution in [2.75, 3.05) is 17.7 Å². The van der Waals surface area contributed by atoms with Crippen LogP contribution in [0.25, 0.3) is 11.5 Å². The van der Waals surface area contributed by atoms with Crippen molar-refractivity contribution in [2.24, 2.45) is 0 Å². The maximum absolute atomic E-state index is 12.5. The number of fused-ring (bicyclic) bond motifs is 1. The number of nitrogens with zero attached hydrogens (tertiary/aromatic N) is 2. The summed E-state index contributed by atoms with van der Waals surface area (Å²) in [5, 5.41) is 12.4. The highest BCUT2D eigenvalue weighted by molar-refractivity contribution is 7.99. The fourth-order valence-corrected chi connectivity index (χ4v) is 5.24. The summed E-state index contributed by atoms with van der Waals surface area (Å²) in [6.45, 7) is 2.09. The van der Waals surface area contributed by atoms with Crippen LogP contribution in [-0.4, -0.2) is 34.4 Å². The Bertz CT molecular complexity index is 1030. The number of furan rings is 1. The predicted octanol–water partition coefficient (Wildman–Crippen LogP) is 4.58. The van der Waals surface area contributed by atoms with Crippen LogP contribution in [0.4, 0.5) is 5.00 Å². The lowest BCUT2D eigenvalue weighted by Gasteiger charge is -2.12. The number of aryl methyl sites for hydroxylation is 1. The molecule has 7 nitrogen and oxygen atoms in total. The highest BCUT2D eigenvalue weighted by atomic mass is 32.2. The Hall–Kier alpha value is -2.65. The standard InChI is InChI=1S/C21H21N3O4S2/c1-2-27-21(26)19-13-6-3-4-8-16(13)30-20(19)22-17(25)12-29-18-10-9-14(23-24-18)15-7-5-11-28-15/h5,7,9-11H,2-4,6,8,12H2,1H3,(H,22,25). The molecule has 0 saturated carbocycles. The molecule has 4 rings (SSSR count). The van der Waals surface area contributed by atoms with Crippen molar-refractivity contribution in [1.29, 1.82) is 0 Å². The molecule has 9 heteroatoms. The van der Waals surface area contributed by atoms with Gasteiger partial charge in [0, 0.05) is 4.88 Å². The Morgan fingerprint density at radius 3 is 2.83 bits per heavy atom. The monoisotopic (exact) mass is 443 g/mol. The van der Waals surface area contributed by atoms with Gasteiger partial charge in [-0.3, -0.25) is 4.79 Å². The van der Waals surface area contributed by atoms with E-state index in [1.165, 1.54) is 28.0 Å². The van der Waals surface area contributed by atoms with Crippen LogP contribution in [0.5, 0.6) is 0 Å². The topological polar surface area (TPSA) is 94.3 Å². The molecule has 0 atom stereocenters. The molecule has 0 bridgehead atoms. The third-order valence-corrected chi connectivity index (χ3v) is 6.80. The van der Waals surface area contributed by atoms with E-state index in [2.05, 4.69) is 15.5 Å². The molecule has 1 N–H and O–H groups in total. The van der Waals surface area contributed by atoms with E-state index in [9.17, 15) is 9.59 Å². The van der Waals surface area contributed by atoms with Gasteiger partial charge in [-0.05, 0) is 62.4 Å². The summed E-state index contributed by atoms with van der Waals surface area (Å²) in [7, 11) is 0. The predicted molar refractivity (Wildman–Crippen MR) is 116 cm³/mol. The number of aromatic nitrogens is 2. The average molecular weight is 444 g/mol. The summed E-state index contributed by atoms with van der Waals surface area (Å²) in [6.07, 6.45) is 5.52. The van der Waals surface area contributed by atoms with E-state index in [1.807, 2.05) is 6.07 Å². The van der Waals surface area contributed by atoms with Crippen LogP contribution < -0.4 is 5.32 Å². The highest BCUT2D eigenvalue weighted by Gasteiger charge is 2.27. The molecule has 3 aromatic rings. The van der Waals surface area contributed by atoms with Crippen LogP contribution in [-0.2, 0) is 22.4 Å². The molecular formula is C21H21N3O4S2. The summed E-state index contributed by atoms with van der Waals surface area (Å²) in [4.78, 5) is 26.2. The zero-order valence-corrected chi connectivity index (χ0v) is 18.1. The molecule has 3 aromatic heterocycles. The highest BCUT2D eigenvalue weighted by Crippen LogP contribution is 2.38. The summed E-state index contributed by atoms with van der Waals surface area (Å²) in [5.74, 6) is 0.254. The number of hydrogen-bond acceptors (Lipinski definition) is 8. The van der Waals surface area contributed by atoms with Gasteiger partial charge in [-0.2, -0.15) is 0 Å². The third-order valence-electron chi connectivity index (χ3n) is 4.67. The maximum Gasteiger partial charge on any atom is 0.341 e. The van der Waals surface area contributed by atoms with Crippen molar-refractivity contribution in [2.45, 2.75) is 37.6 Å². The quantitative estimate of drug-likeness (QED) is 0.422. The molecule has 0 aromatic carbocycles. The molecule has 1 aliphatic carbocycles. The number of carbonyl (C=O) groups excluding carboxylic acids is 2. The molecule has 0 spiro atoms. The van der Waals surface area contributed by atoms with Crippen molar-refractivity contribution >= 4 is 40.0 Å². The largest absolute Gasteiger partial charge is 0.463 e. The van der Waals surface area contributed by atoms with Gasteiger partial charge in [0.1, 0.15) is 15.7 Å². The number of hydrogen-bond donors (Lipinski definition) is 1. The number of esters is 1. The molecular weight excluding hydrogens is 422 g/mol. The van der Waals surface area contributed by atoms with Crippen LogP contribution in [0.2, 0.25) is 0 Å². The van der Waals surface area contributed by atoms with Crippen LogP contribution in [0.15, 0.2) is 40.0 Å². The minimum Gasteiger partial charge on any atom is -0.463 e. The second-order valence-electron chi connectivity index (χ2n) is 6.71. The minimum atomic E-state index is -0.362. The van der Waals surface area contributed by atoms with Crippen LogP contribution >= 0.6 is 23.1 Å². The number of anilines is 1. The first-order valence-corrected chi connectivity index (χ1v) is 11.6. The van der Waals surface area contributed by atoms with E-state index in [4.69, 9.17) is 9.15 Å². The molecule has 156 valence electrons. The molecule has 0 unspecified atom stereocenters. The zero-order valence-electron chi connectivity index (χ0n) is 16.5. The number of thiophene rings is 1. The molecule has 0 fully saturated rings. The van der Waals surface area contributed by atoms with Gasteiger partial charge < -0.3 is 14.5 Å². The Morgan fingerprint density at radius 2 is 2.10 bits per heavy atom. The Labute approximate surface area is 182 Å². The normalized spacial score (nSPS) is 13.0. The van der Waals surface area contributed by atoms with Crippen molar-refractivity contribution in [3.05, 3.63) is 46.5 Å². The summed E-state index contributed by atoms with van der Waals surface area (Å²) in [6, 6.07) is 7.21. The van der Waals surface area contributed by atoms with E-state index in [0.29, 0.717) is 33.7 Å².